The Bertz CT molecular complexity index is 470. The van der Waals surface area contributed by atoms with Gasteiger partial charge in [0.05, 0.1) is 31.1 Å². The Morgan fingerprint density at radius 2 is 2.28 bits per heavy atom. The summed E-state index contributed by atoms with van der Waals surface area (Å²) in [4.78, 5) is 11.7. The van der Waals surface area contributed by atoms with Crippen molar-refractivity contribution >= 4 is 11.7 Å². The molecule has 1 aliphatic heterocycles. The SMILES string of the molecule is COC(=O)c1ccccc1[C@@H]1C/C(=N\O)CCO1. The average Bonchev–Trinajstić information content (AvgIpc) is 2.46. The first-order chi connectivity index (χ1) is 8.76. The van der Waals surface area contributed by atoms with Crippen LogP contribution in [-0.2, 0) is 9.47 Å². The number of hydrogen-bond acceptors (Lipinski definition) is 5. The first-order valence-electron chi connectivity index (χ1n) is 5.75. The number of oxime groups is 1. The Morgan fingerprint density at radius 1 is 1.50 bits per heavy atom. The van der Waals surface area contributed by atoms with Crippen molar-refractivity contribution in [3.05, 3.63) is 35.4 Å². The zero-order valence-corrected chi connectivity index (χ0v) is 10.1. The van der Waals surface area contributed by atoms with E-state index >= 15 is 0 Å². The second-order valence-corrected chi connectivity index (χ2v) is 4.06. The smallest absolute Gasteiger partial charge is 0.338 e. The van der Waals surface area contributed by atoms with Crippen LogP contribution >= 0.6 is 0 Å². The molecule has 1 heterocycles. The van der Waals surface area contributed by atoms with Crippen molar-refractivity contribution in [2.24, 2.45) is 5.16 Å². The zero-order valence-electron chi connectivity index (χ0n) is 10.1. The molecule has 1 aromatic carbocycles. The van der Waals surface area contributed by atoms with Crippen molar-refractivity contribution in [2.75, 3.05) is 13.7 Å². The van der Waals surface area contributed by atoms with Crippen LogP contribution in [-0.4, -0.2) is 30.6 Å². The normalized spacial score (nSPS) is 21.8. The number of benzene rings is 1. The number of carbonyl (C=O) groups excluding carboxylic acids is 1. The lowest BCUT2D eigenvalue weighted by Gasteiger charge is -2.25. The molecule has 18 heavy (non-hydrogen) atoms. The van der Waals surface area contributed by atoms with Crippen LogP contribution in [0.25, 0.3) is 0 Å². The Kier molecular flexibility index (Phi) is 3.94. The summed E-state index contributed by atoms with van der Waals surface area (Å²) in [5.74, 6) is -0.387. The number of methoxy groups -OCH3 is 1. The van der Waals surface area contributed by atoms with Crippen molar-refractivity contribution in [3.63, 3.8) is 0 Å². The molecule has 1 atom stereocenters. The molecule has 0 bridgehead atoms. The summed E-state index contributed by atoms with van der Waals surface area (Å²) in [5.41, 5.74) is 1.94. The molecule has 1 saturated heterocycles. The van der Waals surface area contributed by atoms with Gasteiger partial charge in [0.1, 0.15) is 0 Å². The highest BCUT2D eigenvalue weighted by atomic mass is 16.5. The maximum atomic E-state index is 11.7. The van der Waals surface area contributed by atoms with E-state index in [9.17, 15) is 4.79 Å². The van der Waals surface area contributed by atoms with Gasteiger partial charge < -0.3 is 14.7 Å². The van der Waals surface area contributed by atoms with E-state index in [2.05, 4.69) is 5.16 Å². The molecule has 5 heteroatoms. The molecule has 0 radical (unpaired) electrons. The Morgan fingerprint density at radius 3 is 3.00 bits per heavy atom. The fourth-order valence-corrected chi connectivity index (χ4v) is 2.06. The molecule has 1 aromatic rings. The van der Waals surface area contributed by atoms with E-state index < -0.39 is 0 Å². The fourth-order valence-electron chi connectivity index (χ4n) is 2.06. The Hall–Kier alpha value is -1.88. The third kappa shape index (κ3) is 2.51. The first-order valence-corrected chi connectivity index (χ1v) is 5.75. The van der Waals surface area contributed by atoms with Gasteiger partial charge in [0.2, 0.25) is 0 Å². The molecule has 1 fully saturated rings. The van der Waals surface area contributed by atoms with Crippen LogP contribution in [0.5, 0.6) is 0 Å². The predicted octanol–water partition coefficient (Wildman–Crippen LogP) is 2.15. The predicted molar refractivity (Wildman–Crippen MR) is 64.9 cm³/mol. The topological polar surface area (TPSA) is 68.1 Å². The van der Waals surface area contributed by atoms with Gasteiger partial charge in [-0.05, 0) is 11.6 Å². The van der Waals surface area contributed by atoms with Crippen LogP contribution in [0.3, 0.4) is 0 Å². The molecule has 0 unspecified atom stereocenters. The molecule has 0 aliphatic carbocycles. The summed E-state index contributed by atoms with van der Waals surface area (Å²) >= 11 is 0. The molecule has 0 aromatic heterocycles. The van der Waals surface area contributed by atoms with Gasteiger partial charge in [-0.2, -0.15) is 0 Å². The van der Waals surface area contributed by atoms with Gasteiger partial charge in [0.15, 0.2) is 0 Å². The second kappa shape index (κ2) is 5.64. The minimum absolute atomic E-state index is 0.264. The quantitative estimate of drug-likeness (QED) is 0.495. The fraction of sp³-hybridized carbons (Fsp3) is 0.385. The van der Waals surface area contributed by atoms with E-state index in [0.717, 1.165) is 5.56 Å². The number of carbonyl (C=O) groups is 1. The number of hydrogen-bond donors (Lipinski definition) is 1. The first kappa shape index (κ1) is 12.6. The summed E-state index contributed by atoms with van der Waals surface area (Å²) in [6.45, 7) is 0.486. The van der Waals surface area contributed by atoms with Gasteiger partial charge >= 0.3 is 5.97 Å². The van der Waals surface area contributed by atoms with Crippen LogP contribution in [0.15, 0.2) is 29.4 Å². The monoisotopic (exact) mass is 249 g/mol. The molecule has 96 valence electrons. The van der Waals surface area contributed by atoms with Crippen LogP contribution < -0.4 is 0 Å². The highest BCUT2D eigenvalue weighted by Gasteiger charge is 2.25. The third-order valence-electron chi connectivity index (χ3n) is 2.99. The number of nitrogens with zero attached hydrogens (tertiary/aromatic N) is 1. The van der Waals surface area contributed by atoms with Gasteiger partial charge in [0, 0.05) is 12.8 Å². The van der Waals surface area contributed by atoms with Crippen LogP contribution in [0.1, 0.15) is 34.9 Å². The van der Waals surface area contributed by atoms with Crippen molar-refractivity contribution in [2.45, 2.75) is 18.9 Å². The van der Waals surface area contributed by atoms with E-state index in [1.54, 1.807) is 12.1 Å². The molecular weight excluding hydrogens is 234 g/mol. The average molecular weight is 249 g/mol. The van der Waals surface area contributed by atoms with Crippen LogP contribution in [0.2, 0.25) is 0 Å². The van der Waals surface area contributed by atoms with Gasteiger partial charge in [-0.3, -0.25) is 0 Å². The molecular formula is C13H15NO4. The molecule has 5 nitrogen and oxygen atoms in total. The van der Waals surface area contributed by atoms with E-state index in [-0.39, 0.29) is 12.1 Å². The maximum Gasteiger partial charge on any atom is 0.338 e. The largest absolute Gasteiger partial charge is 0.465 e. The summed E-state index contributed by atoms with van der Waals surface area (Å²) in [6.07, 6.45) is 0.845. The third-order valence-corrected chi connectivity index (χ3v) is 2.99. The van der Waals surface area contributed by atoms with Gasteiger partial charge in [0.25, 0.3) is 0 Å². The zero-order chi connectivity index (χ0) is 13.0. The van der Waals surface area contributed by atoms with Crippen molar-refractivity contribution in [1.29, 1.82) is 0 Å². The van der Waals surface area contributed by atoms with E-state index in [0.29, 0.717) is 30.7 Å². The van der Waals surface area contributed by atoms with Crippen LogP contribution in [0.4, 0.5) is 0 Å². The summed E-state index contributed by atoms with van der Waals surface area (Å²) in [6, 6.07) is 7.15. The lowest BCUT2D eigenvalue weighted by Crippen LogP contribution is -2.21. The molecule has 0 amide bonds. The maximum absolute atomic E-state index is 11.7. The number of esters is 1. The van der Waals surface area contributed by atoms with Crippen molar-refractivity contribution < 1.29 is 19.5 Å². The van der Waals surface area contributed by atoms with Crippen LogP contribution in [0, 0.1) is 0 Å². The lowest BCUT2D eigenvalue weighted by molar-refractivity contribution is 0.0441. The van der Waals surface area contributed by atoms with E-state index in [4.69, 9.17) is 14.7 Å². The standard InChI is InChI=1S/C13H15NO4/c1-17-13(15)11-5-3-2-4-10(11)12-8-9(14-16)6-7-18-12/h2-5,12,16H,6-8H2,1H3/b14-9-/t12-/m0/s1. The summed E-state index contributed by atoms with van der Waals surface area (Å²) in [7, 11) is 1.35. The molecule has 1 N–H and O–H groups in total. The molecule has 2 rings (SSSR count). The Balaban J connectivity index is 2.30. The molecule has 1 aliphatic rings. The van der Waals surface area contributed by atoms with Gasteiger partial charge in [-0.15, -0.1) is 0 Å². The number of rotatable bonds is 2. The van der Waals surface area contributed by atoms with Crippen molar-refractivity contribution in [3.8, 4) is 0 Å². The summed E-state index contributed by atoms with van der Waals surface area (Å²) < 4.78 is 10.4. The highest BCUT2D eigenvalue weighted by molar-refractivity contribution is 5.92. The Labute approximate surface area is 105 Å². The van der Waals surface area contributed by atoms with Gasteiger partial charge in [-0.25, -0.2) is 4.79 Å². The minimum Gasteiger partial charge on any atom is -0.465 e. The van der Waals surface area contributed by atoms with E-state index in [1.165, 1.54) is 7.11 Å². The minimum atomic E-state index is -0.387. The lowest BCUT2D eigenvalue weighted by atomic mass is 9.96. The molecule has 0 spiro atoms. The second-order valence-electron chi connectivity index (χ2n) is 4.06. The summed E-state index contributed by atoms with van der Waals surface area (Å²) in [5, 5.41) is 12.1. The highest BCUT2D eigenvalue weighted by Crippen LogP contribution is 2.29. The van der Waals surface area contributed by atoms with Crippen molar-refractivity contribution in [1.82, 2.24) is 0 Å². The van der Waals surface area contributed by atoms with E-state index in [1.807, 2.05) is 12.1 Å². The molecule has 0 saturated carbocycles. The number of ether oxygens (including phenoxy) is 2. The van der Waals surface area contributed by atoms with Gasteiger partial charge in [-0.1, -0.05) is 23.4 Å².